The normalized spacial score (nSPS) is 25.6. The number of anilines is 2. The number of hydrogen-bond donors (Lipinski definition) is 3. The van der Waals surface area contributed by atoms with Crippen LogP contribution in [0.5, 0.6) is 6.01 Å². The fourth-order valence-corrected chi connectivity index (χ4v) is 1.94. The third-order valence-electron chi connectivity index (χ3n) is 3.28. The number of hydrogen-bond acceptors (Lipinski definition) is 8. The van der Waals surface area contributed by atoms with Crippen molar-refractivity contribution in [3.63, 3.8) is 0 Å². The average Bonchev–Trinajstić information content (AvgIpc) is 2.74. The lowest BCUT2D eigenvalue weighted by molar-refractivity contribution is -0.0177. The van der Waals surface area contributed by atoms with Gasteiger partial charge < -0.3 is 25.6 Å². The standard InChI is InChI=1S/C12H21N5O3/c1-3-5-20-11-16-9(13)15-10(17-11)14-7-12(18)4-6-19-8(12)2/h8,18H,3-7H2,1-2H3,(H3,13,14,15,16,17). The van der Waals surface area contributed by atoms with Crippen molar-refractivity contribution in [1.82, 2.24) is 15.0 Å². The maximum atomic E-state index is 10.4. The predicted molar refractivity (Wildman–Crippen MR) is 73.5 cm³/mol. The minimum absolute atomic E-state index is 0.0799. The minimum Gasteiger partial charge on any atom is -0.463 e. The van der Waals surface area contributed by atoms with E-state index in [4.69, 9.17) is 15.2 Å². The first kappa shape index (κ1) is 14.7. The molecular formula is C12H21N5O3. The van der Waals surface area contributed by atoms with Gasteiger partial charge in [0.05, 0.1) is 12.7 Å². The lowest BCUT2D eigenvalue weighted by atomic mass is 9.97. The van der Waals surface area contributed by atoms with Crippen LogP contribution in [-0.2, 0) is 4.74 Å². The smallest absolute Gasteiger partial charge is 0.323 e. The maximum Gasteiger partial charge on any atom is 0.323 e. The second-order valence-corrected chi connectivity index (χ2v) is 4.87. The van der Waals surface area contributed by atoms with Crippen molar-refractivity contribution in [2.24, 2.45) is 0 Å². The Bertz CT molecular complexity index is 459. The number of nitrogens with two attached hydrogens (primary N) is 1. The van der Waals surface area contributed by atoms with E-state index in [1.165, 1.54) is 0 Å². The Morgan fingerprint density at radius 1 is 1.50 bits per heavy atom. The fraction of sp³-hybridized carbons (Fsp3) is 0.750. The van der Waals surface area contributed by atoms with Crippen LogP contribution in [0.15, 0.2) is 0 Å². The maximum absolute atomic E-state index is 10.4. The molecule has 1 aromatic heterocycles. The van der Waals surface area contributed by atoms with Gasteiger partial charge in [-0.15, -0.1) is 0 Å². The summed E-state index contributed by atoms with van der Waals surface area (Å²) < 4.78 is 10.7. The third kappa shape index (κ3) is 3.45. The Hall–Kier alpha value is -1.67. The number of aliphatic hydroxyl groups is 1. The first-order valence-electron chi connectivity index (χ1n) is 6.75. The van der Waals surface area contributed by atoms with E-state index in [2.05, 4.69) is 20.3 Å². The van der Waals surface area contributed by atoms with Crippen LogP contribution < -0.4 is 15.8 Å². The van der Waals surface area contributed by atoms with E-state index in [0.29, 0.717) is 19.6 Å². The van der Waals surface area contributed by atoms with Crippen molar-refractivity contribution in [2.75, 3.05) is 30.8 Å². The van der Waals surface area contributed by atoms with Gasteiger partial charge in [0.1, 0.15) is 5.60 Å². The van der Waals surface area contributed by atoms with Crippen molar-refractivity contribution in [2.45, 2.75) is 38.4 Å². The highest BCUT2D eigenvalue weighted by molar-refractivity contribution is 5.33. The first-order valence-corrected chi connectivity index (χ1v) is 6.75. The van der Waals surface area contributed by atoms with Gasteiger partial charge in [-0.2, -0.15) is 15.0 Å². The molecule has 20 heavy (non-hydrogen) atoms. The van der Waals surface area contributed by atoms with Gasteiger partial charge in [-0.3, -0.25) is 0 Å². The zero-order valence-electron chi connectivity index (χ0n) is 11.8. The van der Waals surface area contributed by atoms with E-state index in [9.17, 15) is 5.11 Å². The van der Waals surface area contributed by atoms with Crippen molar-refractivity contribution in [1.29, 1.82) is 0 Å². The van der Waals surface area contributed by atoms with Gasteiger partial charge in [0.15, 0.2) is 0 Å². The van der Waals surface area contributed by atoms with Crippen LogP contribution in [0.2, 0.25) is 0 Å². The van der Waals surface area contributed by atoms with E-state index >= 15 is 0 Å². The summed E-state index contributed by atoms with van der Waals surface area (Å²) in [4.78, 5) is 12.0. The molecule has 8 heteroatoms. The van der Waals surface area contributed by atoms with Gasteiger partial charge in [-0.05, 0) is 13.3 Å². The number of nitrogens with one attached hydrogen (secondary N) is 1. The second kappa shape index (κ2) is 6.19. The van der Waals surface area contributed by atoms with E-state index in [-0.39, 0.29) is 30.6 Å². The van der Waals surface area contributed by atoms with E-state index < -0.39 is 5.60 Å². The molecule has 1 aliphatic rings. The summed E-state index contributed by atoms with van der Waals surface area (Å²) in [6.07, 6.45) is 1.19. The Labute approximate surface area is 117 Å². The van der Waals surface area contributed by atoms with Gasteiger partial charge in [-0.25, -0.2) is 0 Å². The molecule has 0 amide bonds. The molecule has 1 aromatic rings. The molecule has 2 rings (SSSR count). The molecule has 112 valence electrons. The molecule has 4 N–H and O–H groups in total. The summed E-state index contributed by atoms with van der Waals surface area (Å²) in [6.45, 7) is 5.17. The summed E-state index contributed by atoms with van der Waals surface area (Å²) in [5, 5.41) is 13.3. The zero-order valence-corrected chi connectivity index (χ0v) is 11.8. The van der Waals surface area contributed by atoms with Gasteiger partial charge >= 0.3 is 6.01 Å². The van der Waals surface area contributed by atoms with Crippen LogP contribution >= 0.6 is 0 Å². The third-order valence-corrected chi connectivity index (χ3v) is 3.28. The number of nitrogen functional groups attached to an aromatic ring is 1. The minimum atomic E-state index is -0.925. The topological polar surface area (TPSA) is 115 Å². The van der Waals surface area contributed by atoms with Gasteiger partial charge in [0.25, 0.3) is 0 Å². The summed E-state index contributed by atoms with van der Waals surface area (Å²) in [5.41, 5.74) is 4.68. The molecule has 1 saturated heterocycles. The number of aromatic nitrogens is 3. The largest absolute Gasteiger partial charge is 0.463 e. The number of nitrogens with zero attached hydrogens (tertiary/aromatic N) is 3. The molecule has 2 heterocycles. The highest BCUT2D eigenvalue weighted by atomic mass is 16.5. The monoisotopic (exact) mass is 283 g/mol. The van der Waals surface area contributed by atoms with E-state index in [1.54, 1.807) is 0 Å². The van der Waals surface area contributed by atoms with E-state index in [1.807, 2.05) is 13.8 Å². The zero-order chi connectivity index (χ0) is 14.6. The summed E-state index contributed by atoms with van der Waals surface area (Å²) in [6, 6.07) is 0.185. The second-order valence-electron chi connectivity index (χ2n) is 4.87. The SMILES string of the molecule is CCCOc1nc(N)nc(NCC2(O)CCOC2C)n1. The van der Waals surface area contributed by atoms with Crippen molar-refractivity contribution in [3.05, 3.63) is 0 Å². The molecule has 0 spiro atoms. The summed E-state index contributed by atoms with van der Waals surface area (Å²) in [7, 11) is 0. The lowest BCUT2D eigenvalue weighted by Crippen LogP contribution is -2.43. The van der Waals surface area contributed by atoms with Crippen LogP contribution in [0.1, 0.15) is 26.7 Å². The van der Waals surface area contributed by atoms with Crippen LogP contribution in [0.3, 0.4) is 0 Å². The molecule has 0 aromatic carbocycles. The molecule has 0 saturated carbocycles. The van der Waals surface area contributed by atoms with Crippen molar-refractivity contribution >= 4 is 11.9 Å². The lowest BCUT2D eigenvalue weighted by Gasteiger charge is -2.26. The number of ether oxygens (including phenoxy) is 2. The highest BCUT2D eigenvalue weighted by Crippen LogP contribution is 2.25. The molecule has 0 aliphatic carbocycles. The van der Waals surface area contributed by atoms with E-state index in [0.717, 1.165) is 6.42 Å². The Kier molecular flexibility index (Phi) is 4.56. The van der Waals surface area contributed by atoms with Crippen molar-refractivity contribution in [3.8, 4) is 6.01 Å². The van der Waals surface area contributed by atoms with Crippen LogP contribution in [0, 0.1) is 0 Å². The molecule has 0 bridgehead atoms. The van der Waals surface area contributed by atoms with Crippen molar-refractivity contribution < 1.29 is 14.6 Å². The Balaban J connectivity index is 2.00. The first-order chi connectivity index (χ1) is 9.53. The molecule has 2 unspecified atom stereocenters. The molecule has 8 nitrogen and oxygen atoms in total. The fourth-order valence-electron chi connectivity index (χ4n) is 1.94. The number of rotatable bonds is 6. The molecular weight excluding hydrogens is 262 g/mol. The predicted octanol–water partition coefficient (Wildman–Crippen LogP) is 0.194. The van der Waals surface area contributed by atoms with Gasteiger partial charge in [0.2, 0.25) is 11.9 Å². The van der Waals surface area contributed by atoms with Crippen LogP contribution in [0.4, 0.5) is 11.9 Å². The molecule has 2 atom stereocenters. The highest BCUT2D eigenvalue weighted by Gasteiger charge is 2.39. The Morgan fingerprint density at radius 2 is 2.30 bits per heavy atom. The Morgan fingerprint density at radius 3 is 2.95 bits per heavy atom. The van der Waals surface area contributed by atoms with Crippen LogP contribution in [0.25, 0.3) is 0 Å². The molecule has 0 radical (unpaired) electrons. The molecule has 1 aliphatic heterocycles. The molecule has 1 fully saturated rings. The quantitative estimate of drug-likeness (QED) is 0.678. The summed E-state index contributed by atoms with van der Waals surface area (Å²) >= 11 is 0. The van der Waals surface area contributed by atoms with Crippen LogP contribution in [-0.4, -0.2) is 51.5 Å². The van der Waals surface area contributed by atoms with Gasteiger partial charge in [0, 0.05) is 19.6 Å². The summed E-state index contributed by atoms with van der Waals surface area (Å²) in [5.74, 6) is 0.368. The van der Waals surface area contributed by atoms with Gasteiger partial charge in [-0.1, -0.05) is 6.92 Å². The average molecular weight is 283 g/mol.